The Labute approximate surface area is 111 Å². The van der Waals surface area contributed by atoms with Gasteiger partial charge in [-0.15, -0.1) is 0 Å². The zero-order chi connectivity index (χ0) is 13.8. The summed E-state index contributed by atoms with van der Waals surface area (Å²) in [7, 11) is 0. The summed E-state index contributed by atoms with van der Waals surface area (Å²) < 4.78 is 0. The summed E-state index contributed by atoms with van der Waals surface area (Å²) in [6, 6.07) is 0.411. The number of carboxylic acid groups (broad SMARTS) is 1. The quantitative estimate of drug-likeness (QED) is 0.662. The molecule has 0 aromatic carbocycles. The van der Waals surface area contributed by atoms with E-state index in [1.165, 1.54) is 0 Å². The summed E-state index contributed by atoms with van der Waals surface area (Å²) >= 11 is 0. The first kappa shape index (κ1) is 15.4. The predicted molar refractivity (Wildman–Crippen MR) is 73.8 cm³/mol. The molecule has 0 heterocycles. The van der Waals surface area contributed by atoms with Crippen LogP contribution < -0.4 is 5.32 Å². The lowest BCUT2D eigenvalue weighted by molar-refractivity contribution is -0.145. The Bertz CT molecular complexity index is 279. The SMILES string of the molecule is CCC(C)CN(CC)CC(C)(NC1CC1)C(=O)O. The van der Waals surface area contributed by atoms with Crippen LogP contribution in [0.1, 0.15) is 47.0 Å². The zero-order valence-corrected chi connectivity index (χ0v) is 12.2. The minimum Gasteiger partial charge on any atom is -0.480 e. The van der Waals surface area contributed by atoms with Crippen LogP contribution in [0.2, 0.25) is 0 Å². The Morgan fingerprint density at radius 1 is 1.50 bits per heavy atom. The molecule has 0 amide bonds. The average Bonchev–Trinajstić information content (AvgIpc) is 3.11. The van der Waals surface area contributed by atoms with E-state index < -0.39 is 11.5 Å². The van der Waals surface area contributed by atoms with E-state index in [4.69, 9.17) is 0 Å². The van der Waals surface area contributed by atoms with Crippen molar-refractivity contribution in [3.05, 3.63) is 0 Å². The largest absolute Gasteiger partial charge is 0.480 e. The molecule has 0 aliphatic heterocycles. The van der Waals surface area contributed by atoms with Gasteiger partial charge < -0.3 is 10.0 Å². The highest BCUT2D eigenvalue weighted by atomic mass is 16.4. The fourth-order valence-electron chi connectivity index (χ4n) is 2.18. The first-order valence-electron chi connectivity index (χ1n) is 7.14. The Hall–Kier alpha value is -0.610. The molecule has 0 bridgehead atoms. The van der Waals surface area contributed by atoms with Crippen molar-refractivity contribution < 1.29 is 9.90 Å². The second-order valence-corrected chi connectivity index (χ2v) is 5.90. The summed E-state index contributed by atoms with van der Waals surface area (Å²) in [6.07, 6.45) is 3.36. The third-order valence-corrected chi connectivity index (χ3v) is 3.83. The first-order chi connectivity index (χ1) is 8.41. The van der Waals surface area contributed by atoms with E-state index in [0.717, 1.165) is 32.4 Å². The van der Waals surface area contributed by atoms with Gasteiger partial charge in [0.1, 0.15) is 5.54 Å². The highest BCUT2D eigenvalue weighted by Gasteiger charge is 2.39. The summed E-state index contributed by atoms with van der Waals surface area (Å²) in [5.74, 6) is -0.124. The van der Waals surface area contributed by atoms with Gasteiger partial charge in [0.25, 0.3) is 0 Å². The molecule has 2 unspecified atom stereocenters. The molecule has 18 heavy (non-hydrogen) atoms. The number of rotatable bonds is 9. The van der Waals surface area contributed by atoms with Crippen LogP contribution in [0, 0.1) is 5.92 Å². The molecule has 1 rings (SSSR count). The number of likely N-dealkylation sites (N-methyl/N-ethyl adjacent to an activating group) is 1. The Morgan fingerprint density at radius 3 is 2.50 bits per heavy atom. The molecular formula is C14H28N2O2. The summed E-state index contributed by atoms with van der Waals surface area (Å²) in [5.41, 5.74) is -0.815. The van der Waals surface area contributed by atoms with Crippen molar-refractivity contribution in [2.45, 2.75) is 58.5 Å². The van der Waals surface area contributed by atoms with Gasteiger partial charge in [0.2, 0.25) is 0 Å². The highest BCUT2D eigenvalue weighted by Crippen LogP contribution is 2.23. The van der Waals surface area contributed by atoms with Crippen molar-refractivity contribution in [2.75, 3.05) is 19.6 Å². The van der Waals surface area contributed by atoms with Crippen LogP contribution >= 0.6 is 0 Å². The van der Waals surface area contributed by atoms with Gasteiger partial charge in [0.15, 0.2) is 0 Å². The third kappa shape index (κ3) is 4.58. The first-order valence-corrected chi connectivity index (χ1v) is 7.14. The van der Waals surface area contributed by atoms with Gasteiger partial charge in [0, 0.05) is 19.1 Å². The van der Waals surface area contributed by atoms with Crippen molar-refractivity contribution in [3.63, 3.8) is 0 Å². The standard InChI is InChI=1S/C14H28N2O2/c1-5-11(3)9-16(6-2)10-14(4,13(17)18)15-12-7-8-12/h11-12,15H,5-10H2,1-4H3,(H,17,18). The lowest BCUT2D eigenvalue weighted by Gasteiger charge is -2.34. The molecule has 0 aromatic heterocycles. The molecule has 106 valence electrons. The van der Waals surface area contributed by atoms with Crippen LogP contribution in [0.25, 0.3) is 0 Å². The maximum atomic E-state index is 11.5. The molecule has 0 spiro atoms. The van der Waals surface area contributed by atoms with Gasteiger partial charge in [-0.05, 0) is 32.2 Å². The maximum absolute atomic E-state index is 11.5. The lowest BCUT2D eigenvalue weighted by atomic mass is 10.00. The van der Waals surface area contributed by atoms with Crippen molar-refractivity contribution >= 4 is 5.97 Å². The van der Waals surface area contributed by atoms with E-state index in [-0.39, 0.29) is 0 Å². The molecule has 2 N–H and O–H groups in total. The van der Waals surface area contributed by atoms with E-state index in [0.29, 0.717) is 18.5 Å². The van der Waals surface area contributed by atoms with Crippen LogP contribution in [-0.2, 0) is 4.79 Å². The fourth-order valence-corrected chi connectivity index (χ4v) is 2.18. The van der Waals surface area contributed by atoms with Gasteiger partial charge in [-0.25, -0.2) is 0 Å². The minimum atomic E-state index is -0.815. The second kappa shape index (κ2) is 6.53. The van der Waals surface area contributed by atoms with Crippen LogP contribution in [0.3, 0.4) is 0 Å². The molecule has 1 aliphatic carbocycles. The van der Waals surface area contributed by atoms with Gasteiger partial charge in [-0.1, -0.05) is 27.2 Å². The second-order valence-electron chi connectivity index (χ2n) is 5.90. The van der Waals surface area contributed by atoms with Crippen LogP contribution in [-0.4, -0.2) is 47.2 Å². The van der Waals surface area contributed by atoms with Crippen molar-refractivity contribution in [1.82, 2.24) is 10.2 Å². The van der Waals surface area contributed by atoms with Crippen LogP contribution in [0.4, 0.5) is 0 Å². The highest BCUT2D eigenvalue weighted by molar-refractivity contribution is 5.78. The lowest BCUT2D eigenvalue weighted by Crippen LogP contribution is -2.58. The van der Waals surface area contributed by atoms with Gasteiger partial charge in [-0.2, -0.15) is 0 Å². The average molecular weight is 256 g/mol. The Balaban J connectivity index is 2.58. The van der Waals surface area contributed by atoms with Crippen LogP contribution in [0.5, 0.6) is 0 Å². The fraction of sp³-hybridized carbons (Fsp3) is 0.929. The topological polar surface area (TPSA) is 52.6 Å². The number of carbonyl (C=O) groups is 1. The maximum Gasteiger partial charge on any atom is 0.324 e. The molecule has 1 fully saturated rings. The van der Waals surface area contributed by atoms with Gasteiger partial charge in [-0.3, -0.25) is 10.1 Å². The van der Waals surface area contributed by atoms with E-state index >= 15 is 0 Å². The number of carboxylic acids is 1. The van der Waals surface area contributed by atoms with Crippen LogP contribution in [0.15, 0.2) is 0 Å². The predicted octanol–water partition coefficient (Wildman–Crippen LogP) is 1.95. The number of hydrogen-bond donors (Lipinski definition) is 2. The molecule has 0 radical (unpaired) electrons. The summed E-state index contributed by atoms with van der Waals surface area (Å²) in [4.78, 5) is 13.7. The summed E-state index contributed by atoms with van der Waals surface area (Å²) in [6.45, 7) is 10.8. The number of nitrogens with zero attached hydrogens (tertiary/aromatic N) is 1. The molecule has 0 aromatic rings. The normalized spacial score (nSPS) is 20.7. The number of hydrogen-bond acceptors (Lipinski definition) is 3. The van der Waals surface area contributed by atoms with E-state index in [2.05, 4.69) is 31.0 Å². The van der Waals surface area contributed by atoms with Gasteiger partial charge >= 0.3 is 5.97 Å². The van der Waals surface area contributed by atoms with Crippen molar-refractivity contribution in [2.24, 2.45) is 5.92 Å². The monoisotopic (exact) mass is 256 g/mol. The summed E-state index contributed by atoms with van der Waals surface area (Å²) in [5, 5.41) is 12.7. The zero-order valence-electron chi connectivity index (χ0n) is 12.2. The molecular weight excluding hydrogens is 228 g/mol. The Morgan fingerprint density at radius 2 is 2.11 bits per heavy atom. The molecule has 0 saturated heterocycles. The number of aliphatic carboxylic acids is 1. The third-order valence-electron chi connectivity index (χ3n) is 3.83. The minimum absolute atomic E-state index is 0.411. The van der Waals surface area contributed by atoms with Crippen molar-refractivity contribution in [3.8, 4) is 0 Å². The van der Waals surface area contributed by atoms with E-state index in [9.17, 15) is 9.90 Å². The molecule has 4 heteroatoms. The number of nitrogens with one attached hydrogen (secondary N) is 1. The molecule has 2 atom stereocenters. The molecule has 1 saturated carbocycles. The van der Waals surface area contributed by atoms with Gasteiger partial charge in [0.05, 0.1) is 0 Å². The van der Waals surface area contributed by atoms with E-state index in [1.807, 2.05) is 6.92 Å². The molecule has 4 nitrogen and oxygen atoms in total. The molecule has 1 aliphatic rings. The Kier molecular flexibility index (Phi) is 5.60. The van der Waals surface area contributed by atoms with E-state index in [1.54, 1.807) is 0 Å². The smallest absolute Gasteiger partial charge is 0.324 e. The van der Waals surface area contributed by atoms with Crippen molar-refractivity contribution in [1.29, 1.82) is 0 Å².